The molecule has 0 fully saturated rings. The fourth-order valence-electron chi connectivity index (χ4n) is 2.58. The molecule has 3 rings (SSSR count). The number of nitrogens with zero attached hydrogens (tertiary/aromatic N) is 3. The Bertz CT molecular complexity index is 923. The van der Waals surface area contributed by atoms with Crippen molar-refractivity contribution in [2.24, 2.45) is 0 Å². The molecule has 0 unspecified atom stereocenters. The minimum absolute atomic E-state index is 0.0900. The third kappa shape index (κ3) is 4.05. The zero-order valence-electron chi connectivity index (χ0n) is 14.9. The van der Waals surface area contributed by atoms with Gasteiger partial charge >= 0.3 is 0 Å². The fourth-order valence-corrected chi connectivity index (χ4v) is 3.37. The van der Waals surface area contributed by atoms with Crippen molar-refractivity contribution in [2.45, 2.75) is 19.0 Å². The molecule has 0 atom stereocenters. The number of para-hydroxylation sites is 2. The van der Waals surface area contributed by atoms with E-state index >= 15 is 0 Å². The van der Waals surface area contributed by atoms with Crippen molar-refractivity contribution in [1.82, 2.24) is 14.8 Å². The summed E-state index contributed by atoms with van der Waals surface area (Å²) in [5.74, 6) is 1.60. The average molecular weight is 368 g/mol. The lowest BCUT2D eigenvalue weighted by molar-refractivity contribution is -0.113. The smallest absolute Gasteiger partial charge is 0.234 e. The summed E-state index contributed by atoms with van der Waals surface area (Å²) in [6.45, 7) is 3.86. The molecule has 0 saturated heterocycles. The first kappa shape index (κ1) is 18.0. The summed E-state index contributed by atoms with van der Waals surface area (Å²) in [6.07, 6.45) is 0. The zero-order valence-corrected chi connectivity index (χ0v) is 15.7. The molecule has 1 N–H and O–H groups in total. The highest BCUT2D eigenvalue weighted by Gasteiger charge is 2.16. The van der Waals surface area contributed by atoms with Gasteiger partial charge in [-0.25, -0.2) is 0 Å². The zero-order chi connectivity index (χ0) is 18.5. The number of benzene rings is 2. The number of ether oxygens (including phenoxy) is 1. The van der Waals surface area contributed by atoms with Crippen molar-refractivity contribution in [3.63, 3.8) is 0 Å². The van der Waals surface area contributed by atoms with E-state index in [1.54, 1.807) is 7.11 Å². The molecular formula is C19H20N4O2S. The summed E-state index contributed by atoms with van der Waals surface area (Å²) in [5, 5.41) is 11.9. The summed E-state index contributed by atoms with van der Waals surface area (Å²) in [5.41, 5.74) is 2.74. The Kier molecular flexibility index (Phi) is 5.58. The number of hydrogen-bond donors (Lipinski definition) is 1. The number of amides is 1. The Morgan fingerprint density at radius 2 is 1.96 bits per heavy atom. The largest absolute Gasteiger partial charge is 0.495 e. The topological polar surface area (TPSA) is 69.0 Å². The van der Waals surface area contributed by atoms with Crippen LogP contribution in [0.4, 0.5) is 5.69 Å². The van der Waals surface area contributed by atoms with Crippen LogP contribution in [0.2, 0.25) is 0 Å². The third-order valence-electron chi connectivity index (χ3n) is 3.76. The Morgan fingerprint density at radius 1 is 1.15 bits per heavy atom. The lowest BCUT2D eigenvalue weighted by atomic mass is 10.2. The Morgan fingerprint density at radius 3 is 2.73 bits per heavy atom. The molecule has 0 spiro atoms. The number of nitrogens with one attached hydrogen (secondary N) is 1. The Hall–Kier alpha value is -2.80. The molecular weight excluding hydrogens is 348 g/mol. The number of carbonyl (C=O) groups is 1. The lowest BCUT2D eigenvalue weighted by Crippen LogP contribution is -2.14. The monoisotopic (exact) mass is 368 g/mol. The van der Waals surface area contributed by atoms with E-state index in [-0.39, 0.29) is 11.7 Å². The summed E-state index contributed by atoms with van der Waals surface area (Å²) < 4.78 is 7.32. The summed E-state index contributed by atoms with van der Waals surface area (Å²) >= 11 is 1.34. The number of anilines is 1. The maximum Gasteiger partial charge on any atom is 0.234 e. The summed E-state index contributed by atoms with van der Waals surface area (Å²) in [4.78, 5) is 12.3. The van der Waals surface area contributed by atoms with Crippen molar-refractivity contribution >= 4 is 23.4 Å². The second kappa shape index (κ2) is 8.05. The standard InChI is InChI=1S/C19H20N4O2S/c1-13-7-6-8-15(11-13)20-18(24)12-26-19-22-21-14(2)23(19)16-9-4-5-10-17(16)25-3/h4-11H,12H2,1-3H3,(H,20,24). The van der Waals surface area contributed by atoms with Gasteiger partial charge < -0.3 is 10.1 Å². The van der Waals surface area contributed by atoms with Crippen molar-refractivity contribution in [3.05, 3.63) is 59.9 Å². The number of rotatable bonds is 6. The van der Waals surface area contributed by atoms with E-state index in [0.717, 1.165) is 28.5 Å². The van der Waals surface area contributed by atoms with E-state index in [0.29, 0.717) is 5.16 Å². The van der Waals surface area contributed by atoms with E-state index in [2.05, 4.69) is 15.5 Å². The van der Waals surface area contributed by atoms with Crippen LogP contribution in [0.5, 0.6) is 5.75 Å². The van der Waals surface area contributed by atoms with Gasteiger partial charge in [0.2, 0.25) is 5.91 Å². The molecule has 6 nitrogen and oxygen atoms in total. The molecule has 1 heterocycles. The minimum Gasteiger partial charge on any atom is -0.495 e. The molecule has 1 amide bonds. The highest BCUT2D eigenvalue weighted by molar-refractivity contribution is 7.99. The molecule has 0 radical (unpaired) electrons. The minimum atomic E-state index is -0.0900. The van der Waals surface area contributed by atoms with E-state index in [1.165, 1.54) is 11.8 Å². The average Bonchev–Trinajstić information content (AvgIpc) is 3.00. The molecule has 0 bridgehead atoms. The predicted molar refractivity (Wildman–Crippen MR) is 103 cm³/mol. The van der Waals surface area contributed by atoms with Crippen LogP contribution in [-0.4, -0.2) is 33.5 Å². The molecule has 0 aliphatic heterocycles. The molecule has 0 aliphatic rings. The number of hydrogen-bond acceptors (Lipinski definition) is 5. The molecule has 0 saturated carbocycles. The quantitative estimate of drug-likeness (QED) is 0.673. The first-order valence-corrected chi connectivity index (χ1v) is 9.12. The predicted octanol–water partition coefficient (Wildman–Crippen LogP) is 3.62. The van der Waals surface area contributed by atoms with Crippen LogP contribution < -0.4 is 10.1 Å². The molecule has 7 heteroatoms. The highest BCUT2D eigenvalue weighted by Crippen LogP contribution is 2.28. The Labute approximate surface area is 156 Å². The second-order valence-corrected chi connectivity index (χ2v) is 6.69. The number of carbonyl (C=O) groups excluding carboxylic acids is 1. The molecule has 134 valence electrons. The molecule has 1 aromatic heterocycles. The van der Waals surface area contributed by atoms with Gasteiger partial charge in [-0.1, -0.05) is 36.0 Å². The second-order valence-electron chi connectivity index (χ2n) is 5.74. The normalized spacial score (nSPS) is 10.6. The van der Waals surface area contributed by atoms with Crippen LogP contribution in [0, 0.1) is 13.8 Å². The molecule has 2 aromatic carbocycles. The van der Waals surface area contributed by atoms with Gasteiger partial charge in [0.15, 0.2) is 5.16 Å². The summed E-state index contributed by atoms with van der Waals surface area (Å²) in [6, 6.07) is 15.4. The van der Waals surface area contributed by atoms with Crippen LogP contribution in [-0.2, 0) is 4.79 Å². The van der Waals surface area contributed by atoms with Crippen LogP contribution in [0.1, 0.15) is 11.4 Å². The SMILES string of the molecule is COc1ccccc1-n1c(C)nnc1SCC(=O)Nc1cccc(C)c1. The maximum absolute atomic E-state index is 12.3. The van der Waals surface area contributed by atoms with E-state index in [9.17, 15) is 4.79 Å². The fraction of sp³-hybridized carbons (Fsp3) is 0.211. The molecule has 3 aromatic rings. The van der Waals surface area contributed by atoms with Gasteiger partial charge in [-0.15, -0.1) is 10.2 Å². The van der Waals surface area contributed by atoms with Crippen molar-refractivity contribution in [1.29, 1.82) is 0 Å². The number of methoxy groups -OCH3 is 1. The highest BCUT2D eigenvalue weighted by atomic mass is 32.2. The van der Waals surface area contributed by atoms with Crippen molar-refractivity contribution < 1.29 is 9.53 Å². The van der Waals surface area contributed by atoms with E-state index in [4.69, 9.17) is 4.74 Å². The van der Waals surface area contributed by atoms with Crippen LogP contribution in [0.3, 0.4) is 0 Å². The van der Waals surface area contributed by atoms with Crippen LogP contribution in [0.25, 0.3) is 5.69 Å². The first-order chi connectivity index (χ1) is 12.6. The Balaban J connectivity index is 1.74. The van der Waals surface area contributed by atoms with Gasteiger partial charge in [-0.2, -0.15) is 0 Å². The van der Waals surface area contributed by atoms with E-state index in [1.807, 2.05) is 66.9 Å². The number of thioether (sulfide) groups is 1. The maximum atomic E-state index is 12.3. The van der Waals surface area contributed by atoms with Crippen molar-refractivity contribution in [3.8, 4) is 11.4 Å². The van der Waals surface area contributed by atoms with Gasteiger partial charge in [-0.05, 0) is 43.7 Å². The number of aryl methyl sites for hydroxylation is 2. The van der Waals surface area contributed by atoms with Crippen LogP contribution in [0.15, 0.2) is 53.7 Å². The lowest BCUT2D eigenvalue weighted by Gasteiger charge is -2.12. The molecule has 26 heavy (non-hydrogen) atoms. The number of aromatic nitrogens is 3. The summed E-state index contributed by atoms with van der Waals surface area (Å²) in [7, 11) is 1.63. The van der Waals surface area contributed by atoms with Gasteiger partial charge in [0.25, 0.3) is 0 Å². The van der Waals surface area contributed by atoms with Gasteiger partial charge in [0.05, 0.1) is 18.6 Å². The van der Waals surface area contributed by atoms with Gasteiger partial charge in [-0.3, -0.25) is 9.36 Å². The van der Waals surface area contributed by atoms with Gasteiger partial charge in [0.1, 0.15) is 11.6 Å². The van der Waals surface area contributed by atoms with Crippen molar-refractivity contribution in [2.75, 3.05) is 18.2 Å². The van der Waals surface area contributed by atoms with Crippen LogP contribution >= 0.6 is 11.8 Å². The van der Waals surface area contributed by atoms with E-state index < -0.39 is 0 Å². The van der Waals surface area contributed by atoms with Gasteiger partial charge in [0, 0.05) is 5.69 Å². The third-order valence-corrected chi connectivity index (χ3v) is 4.68. The first-order valence-electron chi connectivity index (χ1n) is 8.13. The molecule has 0 aliphatic carbocycles.